The summed E-state index contributed by atoms with van der Waals surface area (Å²) in [6.45, 7) is 0. The molecule has 0 amide bonds. The highest BCUT2D eigenvalue weighted by Crippen LogP contribution is 2.19. The van der Waals surface area contributed by atoms with E-state index in [1.165, 1.54) is 19.8 Å². The van der Waals surface area contributed by atoms with Crippen LogP contribution in [0, 0.1) is 0 Å². The standard InChI is InChI=1S/C15H21NO4/c1-19-14(17)10-12(15(18)13-8-5-9-20-13)16-11-6-3-2-4-7-11/h5,8-9,11-12,16H,2-4,6-7,10H2,1H3. The first-order valence-electron chi connectivity index (χ1n) is 7.11. The molecule has 1 aliphatic carbocycles. The van der Waals surface area contributed by atoms with Crippen molar-refractivity contribution in [3.05, 3.63) is 24.2 Å². The smallest absolute Gasteiger partial charge is 0.307 e. The van der Waals surface area contributed by atoms with Crippen molar-refractivity contribution in [2.45, 2.75) is 50.6 Å². The van der Waals surface area contributed by atoms with Crippen LogP contribution in [0.1, 0.15) is 49.1 Å². The van der Waals surface area contributed by atoms with Crippen LogP contribution in [0.4, 0.5) is 0 Å². The van der Waals surface area contributed by atoms with Crippen molar-refractivity contribution in [1.29, 1.82) is 0 Å². The van der Waals surface area contributed by atoms with Gasteiger partial charge in [0.2, 0.25) is 5.78 Å². The zero-order valence-corrected chi connectivity index (χ0v) is 11.8. The van der Waals surface area contributed by atoms with Gasteiger partial charge < -0.3 is 14.5 Å². The number of ether oxygens (including phenoxy) is 1. The third-order valence-corrected chi connectivity index (χ3v) is 3.72. The molecule has 1 unspecified atom stereocenters. The Hall–Kier alpha value is -1.62. The molecule has 0 bridgehead atoms. The molecule has 0 aromatic carbocycles. The van der Waals surface area contributed by atoms with Gasteiger partial charge in [-0.3, -0.25) is 9.59 Å². The van der Waals surface area contributed by atoms with E-state index in [0.29, 0.717) is 0 Å². The third-order valence-electron chi connectivity index (χ3n) is 3.72. The molecule has 1 fully saturated rings. The summed E-state index contributed by atoms with van der Waals surface area (Å²) in [6, 6.07) is 3.01. The minimum absolute atomic E-state index is 0.0343. The van der Waals surface area contributed by atoms with Gasteiger partial charge in [0.05, 0.1) is 25.8 Å². The zero-order chi connectivity index (χ0) is 14.4. The lowest BCUT2D eigenvalue weighted by Crippen LogP contribution is -2.45. The summed E-state index contributed by atoms with van der Waals surface area (Å²) in [6.07, 6.45) is 7.16. The summed E-state index contributed by atoms with van der Waals surface area (Å²) in [7, 11) is 1.33. The maximum absolute atomic E-state index is 12.4. The second-order valence-corrected chi connectivity index (χ2v) is 5.18. The van der Waals surface area contributed by atoms with E-state index in [1.807, 2.05) is 0 Å². The van der Waals surface area contributed by atoms with Gasteiger partial charge in [-0.15, -0.1) is 0 Å². The highest BCUT2D eigenvalue weighted by molar-refractivity contribution is 5.99. The number of Topliss-reactive ketones (excluding diaryl/α,β-unsaturated/α-hetero) is 1. The van der Waals surface area contributed by atoms with Crippen molar-refractivity contribution in [2.24, 2.45) is 0 Å². The molecular weight excluding hydrogens is 258 g/mol. The largest absolute Gasteiger partial charge is 0.469 e. The maximum atomic E-state index is 12.4. The van der Waals surface area contributed by atoms with Gasteiger partial charge in [0, 0.05) is 6.04 Å². The van der Waals surface area contributed by atoms with Gasteiger partial charge >= 0.3 is 5.97 Å². The molecule has 0 aliphatic heterocycles. The van der Waals surface area contributed by atoms with E-state index < -0.39 is 12.0 Å². The van der Waals surface area contributed by atoms with Gasteiger partial charge in [-0.2, -0.15) is 0 Å². The zero-order valence-electron chi connectivity index (χ0n) is 11.8. The van der Waals surface area contributed by atoms with Crippen molar-refractivity contribution in [3.8, 4) is 0 Å². The highest BCUT2D eigenvalue weighted by Gasteiger charge is 2.28. The normalized spacial score (nSPS) is 17.6. The number of nitrogens with one attached hydrogen (secondary N) is 1. The minimum Gasteiger partial charge on any atom is -0.469 e. The molecule has 0 saturated heterocycles. The van der Waals surface area contributed by atoms with E-state index in [-0.39, 0.29) is 24.0 Å². The van der Waals surface area contributed by atoms with Crippen molar-refractivity contribution in [3.63, 3.8) is 0 Å². The van der Waals surface area contributed by atoms with Crippen LogP contribution in [0.15, 0.2) is 22.8 Å². The summed E-state index contributed by atoms with van der Waals surface area (Å²) in [5.74, 6) is -0.300. The fourth-order valence-corrected chi connectivity index (χ4v) is 2.62. The van der Waals surface area contributed by atoms with Crippen LogP contribution >= 0.6 is 0 Å². The second-order valence-electron chi connectivity index (χ2n) is 5.18. The molecule has 5 heteroatoms. The molecule has 1 saturated carbocycles. The van der Waals surface area contributed by atoms with E-state index >= 15 is 0 Å². The van der Waals surface area contributed by atoms with Crippen LogP contribution in [0.5, 0.6) is 0 Å². The average Bonchev–Trinajstić information content (AvgIpc) is 3.01. The van der Waals surface area contributed by atoms with Crippen LogP contribution < -0.4 is 5.32 Å². The van der Waals surface area contributed by atoms with Gasteiger partial charge in [-0.25, -0.2) is 0 Å². The number of methoxy groups -OCH3 is 1. The SMILES string of the molecule is COC(=O)CC(NC1CCCCC1)C(=O)c1ccco1. The highest BCUT2D eigenvalue weighted by atomic mass is 16.5. The summed E-state index contributed by atoms with van der Waals surface area (Å²) < 4.78 is 9.81. The van der Waals surface area contributed by atoms with E-state index in [1.54, 1.807) is 12.1 Å². The molecule has 0 radical (unpaired) electrons. The first-order chi connectivity index (χ1) is 9.70. The van der Waals surface area contributed by atoms with E-state index in [2.05, 4.69) is 10.1 Å². The maximum Gasteiger partial charge on any atom is 0.307 e. The van der Waals surface area contributed by atoms with Crippen molar-refractivity contribution in [2.75, 3.05) is 7.11 Å². The Morgan fingerprint density at radius 1 is 1.40 bits per heavy atom. The molecule has 1 aromatic rings. The number of furan rings is 1. The number of hydrogen-bond donors (Lipinski definition) is 1. The first kappa shape index (κ1) is 14.8. The molecular formula is C15H21NO4. The molecule has 110 valence electrons. The second kappa shape index (κ2) is 7.24. The first-order valence-corrected chi connectivity index (χ1v) is 7.11. The predicted octanol–water partition coefficient (Wildman–Crippen LogP) is 2.32. The van der Waals surface area contributed by atoms with Gasteiger partial charge in [-0.1, -0.05) is 19.3 Å². The molecule has 20 heavy (non-hydrogen) atoms. The molecule has 2 rings (SSSR count). The Balaban J connectivity index is 2.03. The predicted molar refractivity (Wildman–Crippen MR) is 73.5 cm³/mol. The topological polar surface area (TPSA) is 68.5 Å². The minimum atomic E-state index is -0.573. The molecule has 1 N–H and O–H groups in total. The lowest BCUT2D eigenvalue weighted by atomic mass is 9.94. The Morgan fingerprint density at radius 2 is 2.15 bits per heavy atom. The van der Waals surface area contributed by atoms with Crippen molar-refractivity contribution < 1.29 is 18.7 Å². The lowest BCUT2D eigenvalue weighted by molar-refractivity contribution is -0.141. The van der Waals surface area contributed by atoms with Crippen molar-refractivity contribution in [1.82, 2.24) is 5.32 Å². The number of carbonyl (C=O) groups excluding carboxylic acids is 2. The number of hydrogen-bond acceptors (Lipinski definition) is 5. The van der Waals surface area contributed by atoms with Gasteiger partial charge in [0.25, 0.3) is 0 Å². The van der Waals surface area contributed by atoms with E-state index in [9.17, 15) is 9.59 Å². The Kier molecular flexibility index (Phi) is 5.35. The monoisotopic (exact) mass is 279 g/mol. The average molecular weight is 279 g/mol. The quantitative estimate of drug-likeness (QED) is 0.639. The number of rotatable bonds is 6. The fraction of sp³-hybridized carbons (Fsp3) is 0.600. The molecule has 5 nitrogen and oxygen atoms in total. The lowest BCUT2D eigenvalue weighted by Gasteiger charge is -2.27. The molecule has 1 heterocycles. The Morgan fingerprint density at radius 3 is 2.75 bits per heavy atom. The van der Waals surface area contributed by atoms with Crippen LogP contribution in [-0.4, -0.2) is 30.9 Å². The van der Waals surface area contributed by atoms with Crippen LogP contribution in [0.25, 0.3) is 0 Å². The summed E-state index contributed by atoms with van der Waals surface area (Å²) in [5.41, 5.74) is 0. The summed E-state index contributed by atoms with van der Waals surface area (Å²) >= 11 is 0. The summed E-state index contributed by atoms with van der Waals surface area (Å²) in [4.78, 5) is 23.9. The third kappa shape index (κ3) is 3.93. The Labute approximate surface area is 118 Å². The molecule has 1 atom stereocenters. The molecule has 0 spiro atoms. The number of esters is 1. The van der Waals surface area contributed by atoms with Crippen LogP contribution in [-0.2, 0) is 9.53 Å². The van der Waals surface area contributed by atoms with Crippen LogP contribution in [0.3, 0.4) is 0 Å². The number of ketones is 1. The van der Waals surface area contributed by atoms with E-state index in [0.717, 1.165) is 25.7 Å². The fourth-order valence-electron chi connectivity index (χ4n) is 2.62. The van der Waals surface area contributed by atoms with Gasteiger partial charge in [0.1, 0.15) is 0 Å². The summed E-state index contributed by atoms with van der Waals surface area (Å²) in [5, 5.41) is 3.30. The van der Waals surface area contributed by atoms with Gasteiger partial charge in [-0.05, 0) is 25.0 Å². The van der Waals surface area contributed by atoms with E-state index in [4.69, 9.17) is 4.42 Å². The van der Waals surface area contributed by atoms with Crippen LogP contribution in [0.2, 0.25) is 0 Å². The molecule has 1 aromatic heterocycles. The van der Waals surface area contributed by atoms with Crippen molar-refractivity contribution >= 4 is 11.8 Å². The molecule has 1 aliphatic rings. The van der Waals surface area contributed by atoms with Gasteiger partial charge in [0.15, 0.2) is 5.76 Å². The number of carbonyl (C=O) groups is 2. The Bertz CT molecular complexity index is 435.